The molecule has 0 aromatic heterocycles. The highest BCUT2D eigenvalue weighted by molar-refractivity contribution is 5.24. The number of ether oxygens (including phenoxy) is 1. The van der Waals surface area contributed by atoms with E-state index in [1.54, 1.807) is 6.92 Å². The zero-order valence-corrected chi connectivity index (χ0v) is 9.04. The van der Waals surface area contributed by atoms with Crippen LogP contribution >= 0.6 is 0 Å². The maximum absolute atomic E-state index is 13.1. The molecule has 0 spiro atoms. The van der Waals surface area contributed by atoms with E-state index in [-0.39, 0.29) is 19.0 Å². The van der Waals surface area contributed by atoms with Crippen molar-refractivity contribution in [1.29, 1.82) is 0 Å². The molecule has 3 nitrogen and oxygen atoms in total. The van der Waals surface area contributed by atoms with Gasteiger partial charge in [-0.1, -0.05) is 6.07 Å². The van der Waals surface area contributed by atoms with Gasteiger partial charge in [-0.05, 0) is 19.1 Å². The van der Waals surface area contributed by atoms with Gasteiger partial charge in [-0.2, -0.15) is 4.39 Å². The van der Waals surface area contributed by atoms with E-state index in [9.17, 15) is 8.78 Å². The quantitative estimate of drug-likeness (QED) is 0.806. The fourth-order valence-corrected chi connectivity index (χ4v) is 1.07. The van der Waals surface area contributed by atoms with Gasteiger partial charge in [0.1, 0.15) is 0 Å². The standard InChI is InChI=1S/C11H15F2NO2/c1-11(14,7-15)5-6-16-9-4-2-3-8(12)10(9)13/h2-4,15H,5-7,14H2,1H3. The fraction of sp³-hybridized carbons (Fsp3) is 0.455. The van der Waals surface area contributed by atoms with Crippen molar-refractivity contribution in [3.05, 3.63) is 29.8 Å². The van der Waals surface area contributed by atoms with Crippen LogP contribution in [0.3, 0.4) is 0 Å². The molecule has 1 aromatic rings. The van der Waals surface area contributed by atoms with Gasteiger partial charge in [-0.25, -0.2) is 4.39 Å². The molecular weight excluding hydrogens is 216 g/mol. The molecule has 0 saturated heterocycles. The number of nitrogens with two attached hydrogens (primary N) is 1. The number of hydrogen-bond acceptors (Lipinski definition) is 3. The molecule has 0 amide bonds. The van der Waals surface area contributed by atoms with E-state index in [2.05, 4.69) is 0 Å². The second-order valence-electron chi connectivity index (χ2n) is 3.96. The minimum atomic E-state index is -1.01. The Kier molecular flexibility index (Phi) is 4.20. The van der Waals surface area contributed by atoms with Gasteiger partial charge in [0.15, 0.2) is 11.6 Å². The average molecular weight is 231 g/mol. The summed E-state index contributed by atoms with van der Waals surface area (Å²) in [7, 11) is 0. The molecule has 90 valence electrons. The van der Waals surface area contributed by atoms with Gasteiger partial charge in [0.05, 0.1) is 13.2 Å². The topological polar surface area (TPSA) is 55.5 Å². The largest absolute Gasteiger partial charge is 0.490 e. The van der Waals surface area contributed by atoms with Crippen molar-refractivity contribution in [2.75, 3.05) is 13.2 Å². The fourth-order valence-electron chi connectivity index (χ4n) is 1.07. The number of benzene rings is 1. The van der Waals surface area contributed by atoms with Crippen LogP contribution in [-0.2, 0) is 0 Å². The number of hydrogen-bond donors (Lipinski definition) is 2. The zero-order valence-electron chi connectivity index (χ0n) is 9.04. The van der Waals surface area contributed by atoms with Gasteiger partial charge in [-0.3, -0.25) is 0 Å². The first kappa shape index (κ1) is 12.9. The van der Waals surface area contributed by atoms with Crippen molar-refractivity contribution in [3.8, 4) is 5.75 Å². The zero-order chi connectivity index (χ0) is 12.2. The van der Waals surface area contributed by atoms with Crippen LogP contribution < -0.4 is 10.5 Å². The maximum atomic E-state index is 13.1. The Hall–Kier alpha value is -1.20. The summed E-state index contributed by atoms with van der Waals surface area (Å²) in [5.74, 6) is -2.10. The van der Waals surface area contributed by atoms with Crippen LogP contribution in [0.4, 0.5) is 8.78 Å². The summed E-state index contributed by atoms with van der Waals surface area (Å²) in [6, 6.07) is 3.72. The summed E-state index contributed by atoms with van der Waals surface area (Å²) >= 11 is 0. The average Bonchev–Trinajstić information content (AvgIpc) is 2.24. The van der Waals surface area contributed by atoms with Crippen LogP contribution in [0.5, 0.6) is 5.75 Å². The van der Waals surface area contributed by atoms with E-state index in [1.165, 1.54) is 12.1 Å². The molecule has 0 bridgehead atoms. The summed E-state index contributed by atoms with van der Waals surface area (Å²) in [5.41, 5.74) is 4.88. The third-order valence-corrected chi connectivity index (χ3v) is 2.21. The van der Waals surface area contributed by atoms with Gasteiger partial charge < -0.3 is 15.6 Å². The first-order valence-electron chi connectivity index (χ1n) is 4.93. The van der Waals surface area contributed by atoms with Gasteiger partial charge >= 0.3 is 0 Å². The summed E-state index contributed by atoms with van der Waals surface area (Å²) in [4.78, 5) is 0. The van der Waals surface area contributed by atoms with Crippen LogP contribution in [0.25, 0.3) is 0 Å². The van der Waals surface area contributed by atoms with Crippen molar-refractivity contribution in [2.24, 2.45) is 5.73 Å². The molecule has 5 heteroatoms. The van der Waals surface area contributed by atoms with Crippen molar-refractivity contribution >= 4 is 0 Å². The van der Waals surface area contributed by atoms with Crippen molar-refractivity contribution in [3.63, 3.8) is 0 Å². The number of halogens is 2. The molecule has 1 unspecified atom stereocenters. The second kappa shape index (κ2) is 5.23. The van der Waals surface area contributed by atoms with E-state index in [0.29, 0.717) is 6.42 Å². The number of aliphatic hydroxyl groups is 1. The summed E-state index contributed by atoms with van der Waals surface area (Å²) in [6.45, 7) is 1.58. The molecule has 1 atom stereocenters. The lowest BCUT2D eigenvalue weighted by molar-refractivity contribution is 0.172. The number of aliphatic hydroxyl groups excluding tert-OH is 1. The van der Waals surface area contributed by atoms with E-state index in [4.69, 9.17) is 15.6 Å². The Morgan fingerprint density at radius 2 is 2.12 bits per heavy atom. The van der Waals surface area contributed by atoms with Crippen LogP contribution in [0.1, 0.15) is 13.3 Å². The smallest absolute Gasteiger partial charge is 0.200 e. The molecule has 1 rings (SSSR count). The first-order valence-corrected chi connectivity index (χ1v) is 4.93. The van der Waals surface area contributed by atoms with Gasteiger partial charge in [0.25, 0.3) is 0 Å². The lowest BCUT2D eigenvalue weighted by atomic mass is 10.0. The van der Waals surface area contributed by atoms with Gasteiger partial charge in [0.2, 0.25) is 5.82 Å². The molecule has 16 heavy (non-hydrogen) atoms. The lowest BCUT2D eigenvalue weighted by Crippen LogP contribution is -2.41. The van der Waals surface area contributed by atoms with Crippen LogP contribution in [-0.4, -0.2) is 23.9 Å². The Morgan fingerprint density at radius 3 is 2.75 bits per heavy atom. The van der Waals surface area contributed by atoms with Crippen molar-refractivity contribution < 1.29 is 18.6 Å². The summed E-state index contributed by atoms with van der Waals surface area (Å²) in [6.07, 6.45) is 0.347. The van der Waals surface area contributed by atoms with Crippen molar-refractivity contribution in [1.82, 2.24) is 0 Å². The predicted octanol–water partition coefficient (Wildman–Crippen LogP) is 1.44. The molecule has 3 N–H and O–H groups in total. The van der Waals surface area contributed by atoms with Gasteiger partial charge in [0, 0.05) is 12.0 Å². The summed E-state index contributed by atoms with van der Waals surface area (Å²) < 4.78 is 31.0. The monoisotopic (exact) mass is 231 g/mol. The highest BCUT2D eigenvalue weighted by atomic mass is 19.2. The first-order chi connectivity index (χ1) is 7.46. The van der Waals surface area contributed by atoms with Crippen molar-refractivity contribution in [2.45, 2.75) is 18.9 Å². The molecule has 0 fully saturated rings. The molecule has 0 heterocycles. The third-order valence-electron chi connectivity index (χ3n) is 2.21. The number of rotatable bonds is 5. The van der Waals surface area contributed by atoms with E-state index < -0.39 is 17.2 Å². The molecule has 1 aromatic carbocycles. The van der Waals surface area contributed by atoms with Crippen LogP contribution in [0.15, 0.2) is 18.2 Å². The molecule has 0 radical (unpaired) electrons. The minimum absolute atomic E-state index is 0.119. The molecule has 0 aliphatic heterocycles. The molecular formula is C11H15F2NO2. The Balaban J connectivity index is 2.53. The normalized spacial score (nSPS) is 14.6. The lowest BCUT2D eigenvalue weighted by Gasteiger charge is -2.21. The Labute approximate surface area is 92.8 Å². The Bertz CT molecular complexity index is 356. The second-order valence-corrected chi connectivity index (χ2v) is 3.96. The SMILES string of the molecule is CC(N)(CO)CCOc1cccc(F)c1F. The highest BCUT2D eigenvalue weighted by Crippen LogP contribution is 2.19. The Morgan fingerprint density at radius 1 is 1.44 bits per heavy atom. The highest BCUT2D eigenvalue weighted by Gasteiger charge is 2.17. The van der Waals surface area contributed by atoms with E-state index >= 15 is 0 Å². The molecule has 0 aliphatic rings. The van der Waals surface area contributed by atoms with Gasteiger partial charge in [-0.15, -0.1) is 0 Å². The third kappa shape index (κ3) is 3.43. The predicted molar refractivity (Wildman–Crippen MR) is 56.1 cm³/mol. The van der Waals surface area contributed by atoms with Crippen LogP contribution in [0, 0.1) is 11.6 Å². The summed E-state index contributed by atoms with van der Waals surface area (Å²) in [5, 5.41) is 8.88. The van der Waals surface area contributed by atoms with Crippen LogP contribution in [0.2, 0.25) is 0 Å². The maximum Gasteiger partial charge on any atom is 0.200 e. The van der Waals surface area contributed by atoms with E-state index in [0.717, 1.165) is 6.07 Å². The van der Waals surface area contributed by atoms with E-state index in [1.807, 2.05) is 0 Å². The minimum Gasteiger partial charge on any atom is -0.490 e. The molecule has 0 saturated carbocycles. The molecule has 0 aliphatic carbocycles.